The molecule has 0 spiro atoms. The molecule has 3 fully saturated rings. The summed E-state index contributed by atoms with van der Waals surface area (Å²) in [6.07, 6.45) is 11.3. The van der Waals surface area contributed by atoms with E-state index in [4.69, 9.17) is 0 Å². The summed E-state index contributed by atoms with van der Waals surface area (Å²) >= 11 is 0. The van der Waals surface area contributed by atoms with Crippen LogP contribution in [-0.4, -0.2) is 41.5 Å². The van der Waals surface area contributed by atoms with Crippen molar-refractivity contribution in [3.8, 4) is 0 Å². The monoisotopic (exact) mass is 326 g/mol. The Balaban J connectivity index is 1.52. The van der Waals surface area contributed by atoms with Crippen molar-refractivity contribution in [3.05, 3.63) is 35.4 Å². The molecule has 2 aliphatic heterocycles. The second-order valence-corrected chi connectivity index (χ2v) is 8.27. The van der Waals surface area contributed by atoms with Crippen LogP contribution in [0, 0.1) is 5.92 Å². The highest BCUT2D eigenvalue weighted by atomic mass is 15.3. The van der Waals surface area contributed by atoms with E-state index in [9.17, 15) is 0 Å². The van der Waals surface area contributed by atoms with Gasteiger partial charge in [-0.3, -0.25) is 9.80 Å². The molecular formula is C22H34N2. The van der Waals surface area contributed by atoms with Crippen molar-refractivity contribution >= 4 is 0 Å². The van der Waals surface area contributed by atoms with Crippen LogP contribution in [0.4, 0.5) is 0 Å². The van der Waals surface area contributed by atoms with Crippen LogP contribution in [0.25, 0.3) is 0 Å². The standard InChI is InChI=1S/C22H34N2/c1-2-18-10-12-19(13-11-18)17-24-16-15-23-14-6-9-21(23)22(24)20-7-4-3-5-8-20/h10-13,20-22H,2-9,14-17H2,1H3. The number of benzene rings is 1. The average Bonchev–Trinajstić information content (AvgIpc) is 3.11. The van der Waals surface area contributed by atoms with E-state index in [-0.39, 0.29) is 0 Å². The van der Waals surface area contributed by atoms with Gasteiger partial charge in [0.2, 0.25) is 0 Å². The zero-order chi connectivity index (χ0) is 16.4. The van der Waals surface area contributed by atoms with Crippen molar-refractivity contribution in [1.82, 2.24) is 9.80 Å². The van der Waals surface area contributed by atoms with Gasteiger partial charge in [0.25, 0.3) is 0 Å². The lowest BCUT2D eigenvalue weighted by Gasteiger charge is -2.49. The molecular weight excluding hydrogens is 292 g/mol. The number of hydrogen-bond acceptors (Lipinski definition) is 2. The van der Waals surface area contributed by atoms with Gasteiger partial charge in [0.1, 0.15) is 0 Å². The highest BCUT2D eigenvalue weighted by Crippen LogP contribution is 2.38. The highest BCUT2D eigenvalue weighted by Gasteiger charge is 2.42. The van der Waals surface area contributed by atoms with Gasteiger partial charge in [-0.15, -0.1) is 0 Å². The van der Waals surface area contributed by atoms with Gasteiger partial charge in [-0.1, -0.05) is 50.5 Å². The van der Waals surface area contributed by atoms with Gasteiger partial charge in [-0.05, 0) is 55.7 Å². The molecule has 1 saturated carbocycles. The molecule has 0 N–H and O–H groups in total. The minimum atomic E-state index is 0.812. The predicted molar refractivity (Wildman–Crippen MR) is 101 cm³/mol. The van der Waals surface area contributed by atoms with E-state index in [1.54, 1.807) is 0 Å². The topological polar surface area (TPSA) is 6.48 Å². The molecule has 0 radical (unpaired) electrons. The fourth-order valence-electron chi connectivity index (χ4n) is 5.55. The number of nitrogens with zero attached hydrogens (tertiary/aromatic N) is 2. The van der Waals surface area contributed by atoms with Crippen LogP contribution in [0.15, 0.2) is 24.3 Å². The number of hydrogen-bond donors (Lipinski definition) is 0. The largest absolute Gasteiger partial charge is 0.298 e. The maximum absolute atomic E-state index is 2.86. The molecule has 2 atom stereocenters. The molecule has 0 aromatic heterocycles. The van der Waals surface area contributed by atoms with E-state index in [1.165, 1.54) is 75.7 Å². The van der Waals surface area contributed by atoms with E-state index in [0.717, 1.165) is 31.0 Å². The molecule has 1 aromatic rings. The van der Waals surface area contributed by atoms with Crippen LogP contribution in [0.3, 0.4) is 0 Å². The van der Waals surface area contributed by atoms with E-state index in [2.05, 4.69) is 41.0 Å². The predicted octanol–water partition coefficient (Wildman–Crippen LogP) is 4.48. The van der Waals surface area contributed by atoms with E-state index in [1.807, 2.05) is 0 Å². The van der Waals surface area contributed by atoms with Gasteiger partial charge >= 0.3 is 0 Å². The Kier molecular flexibility index (Phi) is 5.24. The summed E-state index contributed by atoms with van der Waals surface area (Å²) in [6.45, 7) is 7.32. The lowest BCUT2D eigenvalue weighted by molar-refractivity contribution is -0.00380. The number of rotatable bonds is 4. The van der Waals surface area contributed by atoms with Gasteiger partial charge in [-0.2, -0.15) is 0 Å². The molecule has 1 aliphatic carbocycles. The van der Waals surface area contributed by atoms with Crippen LogP contribution < -0.4 is 0 Å². The number of fused-ring (bicyclic) bond motifs is 1. The molecule has 24 heavy (non-hydrogen) atoms. The van der Waals surface area contributed by atoms with Crippen molar-refractivity contribution in [1.29, 1.82) is 0 Å². The SMILES string of the molecule is CCc1ccc(CN2CCN3CCCC3C2C2CCCCC2)cc1. The molecule has 2 heterocycles. The third kappa shape index (κ3) is 3.41. The van der Waals surface area contributed by atoms with Gasteiger partial charge in [0.05, 0.1) is 0 Å². The molecule has 2 nitrogen and oxygen atoms in total. The maximum atomic E-state index is 2.86. The number of aryl methyl sites for hydroxylation is 1. The zero-order valence-electron chi connectivity index (χ0n) is 15.4. The van der Waals surface area contributed by atoms with Crippen LogP contribution in [0.1, 0.15) is 63.0 Å². The second kappa shape index (κ2) is 7.58. The zero-order valence-corrected chi connectivity index (χ0v) is 15.4. The molecule has 1 aromatic carbocycles. The Hall–Kier alpha value is -0.860. The smallest absolute Gasteiger partial charge is 0.0283 e. The summed E-state index contributed by atoms with van der Waals surface area (Å²) in [6, 6.07) is 11.1. The average molecular weight is 327 g/mol. The highest BCUT2D eigenvalue weighted by molar-refractivity contribution is 5.22. The fraction of sp³-hybridized carbons (Fsp3) is 0.727. The Morgan fingerprint density at radius 2 is 1.58 bits per heavy atom. The first kappa shape index (κ1) is 16.6. The van der Waals surface area contributed by atoms with Crippen molar-refractivity contribution < 1.29 is 0 Å². The Bertz CT molecular complexity index is 517. The molecule has 2 heteroatoms. The summed E-state index contributed by atoms with van der Waals surface area (Å²) in [5.41, 5.74) is 2.97. The third-order valence-corrected chi connectivity index (χ3v) is 6.85. The first-order chi connectivity index (χ1) is 11.8. The van der Waals surface area contributed by atoms with E-state index < -0.39 is 0 Å². The molecule has 2 unspecified atom stereocenters. The summed E-state index contributed by atoms with van der Waals surface area (Å²) in [7, 11) is 0. The van der Waals surface area contributed by atoms with Gasteiger partial charge < -0.3 is 0 Å². The van der Waals surface area contributed by atoms with Crippen LogP contribution in [-0.2, 0) is 13.0 Å². The van der Waals surface area contributed by atoms with Crippen molar-refractivity contribution in [3.63, 3.8) is 0 Å². The molecule has 132 valence electrons. The summed E-state index contributed by atoms with van der Waals surface area (Å²) < 4.78 is 0. The molecule has 0 bridgehead atoms. The van der Waals surface area contributed by atoms with Crippen LogP contribution in [0.2, 0.25) is 0 Å². The third-order valence-electron chi connectivity index (χ3n) is 6.85. The molecule has 0 amide bonds. The number of piperazine rings is 1. The molecule has 4 rings (SSSR count). The Morgan fingerprint density at radius 1 is 0.833 bits per heavy atom. The summed E-state index contributed by atoms with van der Waals surface area (Å²) in [4.78, 5) is 5.68. The van der Waals surface area contributed by atoms with E-state index in [0.29, 0.717) is 0 Å². The Morgan fingerprint density at radius 3 is 2.33 bits per heavy atom. The quantitative estimate of drug-likeness (QED) is 0.805. The lowest BCUT2D eigenvalue weighted by atomic mass is 9.78. The first-order valence-corrected chi connectivity index (χ1v) is 10.4. The normalized spacial score (nSPS) is 29.7. The van der Waals surface area contributed by atoms with Gasteiger partial charge in [0, 0.05) is 31.7 Å². The van der Waals surface area contributed by atoms with Crippen LogP contribution >= 0.6 is 0 Å². The molecule has 3 aliphatic rings. The first-order valence-electron chi connectivity index (χ1n) is 10.4. The van der Waals surface area contributed by atoms with Crippen molar-refractivity contribution in [2.45, 2.75) is 76.9 Å². The summed E-state index contributed by atoms with van der Waals surface area (Å²) in [5, 5.41) is 0. The van der Waals surface area contributed by atoms with Gasteiger partial charge in [0.15, 0.2) is 0 Å². The minimum absolute atomic E-state index is 0.812. The van der Waals surface area contributed by atoms with Crippen molar-refractivity contribution in [2.75, 3.05) is 19.6 Å². The van der Waals surface area contributed by atoms with Crippen molar-refractivity contribution in [2.24, 2.45) is 5.92 Å². The van der Waals surface area contributed by atoms with Crippen LogP contribution in [0.5, 0.6) is 0 Å². The van der Waals surface area contributed by atoms with E-state index >= 15 is 0 Å². The second-order valence-electron chi connectivity index (χ2n) is 8.27. The Labute approximate surface area is 148 Å². The maximum Gasteiger partial charge on any atom is 0.0283 e. The minimum Gasteiger partial charge on any atom is -0.298 e. The molecule has 2 saturated heterocycles. The lowest BCUT2D eigenvalue weighted by Crippen LogP contribution is -2.59. The fourth-order valence-corrected chi connectivity index (χ4v) is 5.55. The van der Waals surface area contributed by atoms with Gasteiger partial charge in [-0.25, -0.2) is 0 Å². The summed E-state index contributed by atoms with van der Waals surface area (Å²) in [5.74, 6) is 0.944.